The van der Waals surface area contributed by atoms with E-state index < -0.39 is 0 Å². The van der Waals surface area contributed by atoms with Gasteiger partial charge in [-0.1, -0.05) is 60.1 Å². The first-order valence-corrected chi connectivity index (χ1v) is 9.42. The van der Waals surface area contributed by atoms with Gasteiger partial charge in [-0.25, -0.2) is 4.39 Å². The second kappa shape index (κ2) is 7.75. The minimum Gasteiger partial charge on any atom is -0.297 e. The molecular formula is C22H22ClFN2. The van der Waals surface area contributed by atoms with Crippen molar-refractivity contribution in [2.75, 3.05) is 26.2 Å². The van der Waals surface area contributed by atoms with E-state index in [2.05, 4.69) is 52.3 Å². The van der Waals surface area contributed by atoms with Gasteiger partial charge in [0.2, 0.25) is 0 Å². The molecule has 0 atom stereocenters. The highest BCUT2D eigenvalue weighted by Gasteiger charge is 2.18. The van der Waals surface area contributed by atoms with Crippen LogP contribution in [0.2, 0.25) is 5.02 Å². The van der Waals surface area contributed by atoms with Crippen molar-refractivity contribution in [3.8, 4) is 0 Å². The molecule has 0 aromatic heterocycles. The van der Waals surface area contributed by atoms with Gasteiger partial charge in [-0.2, -0.15) is 0 Å². The predicted molar refractivity (Wildman–Crippen MR) is 106 cm³/mol. The molecule has 1 aliphatic rings. The first-order valence-electron chi connectivity index (χ1n) is 9.04. The van der Waals surface area contributed by atoms with Crippen LogP contribution in [-0.2, 0) is 13.1 Å². The van der Waals surface area contributed by atoms with Gasteiger partial charge in [-0.05, 0) is 34.0 Å². The maximum absolute atomic E-state index is 13.3. The number of rotatable bonds is 4. The zero-order valence-electron chi connectivity index (χ0n) is 14.7. The fraction of sp³-hybridized carbons (Fsp3) is 0.273. The molecule has 0 amide bonds. The summed E-state index contributed by atoms with van der Waals surface area (Å²) in [7, 11) is 0. The summed E-state index contributed by atoms with van der Waals surface area (Å²) in [5.74, 6) is -0.352. The van der Waals surface area contributed by atoms with Crippen LogP contribution in [0.5, 0.6) is 0 Å². The fourth-order valence-corrected chi connectivity index (χ4v) is 3.88. The zero-order chi connectivity index (χ0) is 17.9. The van der Waals surface area contributed by atoms with E-state index in [9.17, 15) is 4.39 Å². The van der Waals surface area contributed by atoms with Crippen LogP contribution in [0, 0.1) is 5.82 Å². The van der Waals surface area contributed by atoms with Gasteiger partial charge in [0, 0.05) is 39.3 Å². The Morgan fingerprint density at radius 3 is 2.27 bits per heavy atom. The van der Waals surface area contributed by atoms with Gasteiger partial charge in [0.15, 0.2) is 0 Å². The van der Waals surface area contributed by atoms with Gasteiger partial charge in [0.05, 0.1) is 5.02 Å². The first kappa shape index (κ1) is 17.5. The van der Waals surface area contributed by atoms with Crippen molar-refractivity contribution in [2.45, 2.75) is 13.1 Å². The molecule has 3 aromatic rings. The quantitative estimate of drug-likeness (QED) is 0.642. The van der Waals surface area contributed by atoms with E-state index in [1.165, 1.54) is 22.4 Å². The third kappa shape index (κ3) is 3.90. The van der Waals surface area contributed by atoms with Crippen LogP contribution in [0.25, 0.3) is 10.8 Å². The number of hydrogen-bond acceptors (Lipinski definition) is 2. The Hall–Kier alpha value is -1.94. The second-order valence-corrected chi connectivity index (χ2v) is 7.35. The molecule has 4 heteroatoms. The van der Waals surface area contributed by atoms with E-state index >= 15 is 0 Å². The van der Waals surface area contributed by atoms with E-state index in [0.717, 1.165) is 44.8 Å². The van der Waals surface area contributed by atoms with Crippen LogP contribution < -0.4 is 0 Å². The molecule has 3 aromatic carbocycles. The van der Waals surface area contributed by atoms with Crippen LogP contribution in [-0.4, -0.2) is 36.0 Å². The highest BCUT2D eigenvalue weighted by Crippen LogP contribution is 2.21. The molecule has 0 radical (unpaired) electrons. The van der Waals surface area contributed by atoms with Crippen LogP contribution in [0.4, 0.5) is 4.39 Å². The standard InChI is InChI=1S/C22H22ClFN2/c23-21-14-17(8-9-22(21)24)15-25-10-12-26(13-11-25)16-19-6-3-5-18-4-1-2-7-20(18)19/h1-9,14H,10-13,15-16H2. The minimum atomic E-state index is -0.352. The smallest absolute Gasteiger partial charge is 0.141 e. The Labute approximate surface area is 158 Å². The van der Waals surface area contributed by atoms with Gasteiger partial charge >= 0.3 is 0 Å². The summed E-state index contributed by atoms with van der Waals surface area (Å²) in [6.07, 6.45) is 0. The molecular weight excluding hydrogens is 347 g/mol. The molecule has 134 valence electrons. The van der Waals surface area contributed by atoms with Gasteiger partial charge in [0.25, 0.3) is 0 Å². The van der Waals surface area contributed by atoms with Crippen molar-refractivity contribution in [2.24, 2.45) is 0 Å². The van der Waals surface area contributed by atoms with Crippen LogP contribution in [0.15, 0.2) is 60.7 Å². The Morgan fingerprint density at radius 1 is 0.808 bits per heavy atom. The number of hydrogen-bond donors (Lipinski definition) is 0. The lowest BCUT2D eigenvalue weighted by Crippen LogP contribution is -2.45. The molecule has 4 rings (SSSR count). The van der Waals surface area contributed by atoms with E-state index in [1.54, 1.807) is 6.07 Å². The summed E-state index contributed by atoms with van der Waals surface area (Å²) in [5.41, 5.74) is 2.46. The third-order valence-corrected chi connectivity index (χ3v) is 5.42. The topological polar surface area (TPSA) is 6.48 Å². The van der Waals surface area contributed by atoms with Crippen LogP contribution in [0.1, 0.15) is 11.1 Å². The molecule has 0 saturated carbocycles. The fourth-order valence-electron chi connectivity index (χ4n) is 3.67. The van der Waals surface area contributed by atoms with Crippen LogP contribution in [0.3, 0.4) is 0 Å². The van der Waals surface area contributed by atoms with Gasteiger partial charge in [-0.15, -0.1) is 0 Å². The summed E-state index contributed by atoms with van der Waals surface area (Å²) in [5, 5.41) is 2.85. The third-order valence-electron chi connectivity index (χ3n) is 5.13. The van der Waals surface area contributed by atoms with Crippen molar-refractivity contribution in [1.29, 1.82) is 0 Å². The molecule has 1 aliphatic heterocycles. The lowest BCUT2D eigenvalue weighted by atomic mass is 10.0. The largest absolute Gasteiger partial charge is 0.297 e. The number of piperazine rings is 1. The van der Waals surface area contributed by atoms with Crippen molar-refractivity contribution < 1.29 is 4.39 Å². The summed E-state index contributed by atoms with van der Waals surface area (Å²) in [6.45, 7) is 5.91. The Morgan fingerprint density at radius 2 is 1.50 bits per heavy atom. The molecule has 0 bridgehead atoms. The molecule has 0 N–H and O–H groups in total. The molecule has 1 saturated heterocycles. The lowest BCUT2D eigenvalue weighted by Gasteiger charge is -2.35. The van der Waals surface area contributed by atoms with Crippen molar-refractivity contribution >= 4 is 22.4 Å². The van der Waals surface area contributed by atoms with Crippen molar-refractivity contribution in [3.05, 3.63) is 82.6 Å². The number of halogens is 2. The van der Waals surface area contributed by atoms with Crippen LogP contribution >= 0.6 is 11.6 Å². The Balaban J connectivity index is 1.37. The summed E-state index contributed by atoms with van der Waals surface area (Å²) >= 11 is 5.89. The van der Waals surface area contributed by atoms with E-state index in [-0.39, 0.29) is 10.8 Å². The molecule has 2 nitrogen and oxygen atoms in total. The minimum absolute atomic E-state index is 0.206. The van der Waals surface area contributed by atoms with Crippen molar-refractivity contribution in [3.63, 3.8) is 0 Å². The monoisotopic (exact) mass is 368 g/mol. The van der Waals surface area contributed by atoms with E-state index in [1.807, 2.05) is 6.07 Å². The normalized spacial score (nSPS) is 16.2. The average Bonchev–Trinajstić information content (AvgIpc) is 2.67. The summed E-state index contributed by atoms with van der Waals surface area (Å²) in [4.78, 5) is 4.92. The highest BCUT2D eigenvalue weighted by molar-refractivity contribution is 6.30. The average molecular weight is 369 g/mol. The number of fused-ring (bicyclic) bond motifs is 1. The Kier molecular flexibility index (Phi) is 5.21. The first-order chi connectivity index (χ1) is 12.7. The predicted octanol–water partition coefficient (Wildman–Crippen LogP) is 4.95. The molecule has 0 spiro atoms. The van der Waals surface area contributed by atoms with E-state index in [4.69, 9.17) is 11.6 Å². The lowest BCUT2D eigenvalue weighted by molar-refractivity contribution is 0.122. The summed E-state index contributed by atoms with van der Waals surface area (Å²) < 4.78 is 13.3. The zero-order valence-corrected chi connectivity index (χ0v) is 15.4. The molecule has 0 unspecified atom stereocenters. The maximum Gasteiger partial charge on any atom is 0.141 e. The highest BCUT2D eigenvalue weighted by atomic mass is 35.5. The van der Waals surface area contributed by atoms with Gasteiger partial charge < -0.3 is 0 Å². The number of nitrogens with zero attached hydrogens (tertiary/aromatic N) is 2. The molecule has 1 fully saturated rings. The van der Waals surface area contributed by atoms with Gasteiger partial charge in [-0.3, -0.25) is 9.80 Å². The maximum atomic E-state index is 13.3. The Bertz CT molecular complexity index is 898. The SMILES string of the molecule is Fc1ccc(CN2CCN(Cc3cccc4ccccc34)CC2)cc1Cl. The molecule has 0 aliphatic carbocycles. The van der Waals surface area contributed by atoms with E-state index in [0.29, 0.717) is 0 Å². The van der Waals surface area contributed by atoms with Gasteiger partial charge in [0.1, 0.15) is 5.82 Å². The number of benzene rings is 3. The molecule has 1 heterocycles. The summed E-state index contributed by atoms with van der Waals surface area (Å²) in [6, 6.07) is 20.1. The van der Waals surface area contributed by atoms with Crippen molar-refractivity contribution in [1.82, 2.24) is 9.80 Å². The second-order valence-electron chi connectivity index (χ2n) is 6.94. The molecule has 26 heavy (non-hydrogen) atoms.